The number of rotatable bonds is 4. The van der Waals surface area contributed by atoms with Crippen LogP contribution in [-0.2, 0) is 0 Å². The van der Waals surface area contributed by atoms with Crippen molar-refractivity contribution in [2.75, 3.05) is 19.1 Å². The third-order valence-electron chi connectivity index (χ3n) is 5.17. The number of aromatic nitrogens is 4. The van der Waals surface area contributed by atoms with Gasteiger partial charge >= 0.3 is 0 Å². The number of ether oxygens (including phenoxy) is 1. The molecule has 0 aliphatic heterocycles. The molecule has 5 aromatic rings. The van der Waals surface area contributed by atoms with E-state index in [0.29, 0.717) is 5.78 Å². The highest BCUT2D eigenvalue weighted by molar-refractivity contribution is 9.10. The molecule has 7 heteroatoms. The first kappa shape index (κ1) is 18.6. The van der Waals surface area contributed by atoms with Crippen molar-refractivity contribution in [1.29, 1.82) is 0 Å². The SMILES string of the molecule is COc1ccc(-c2cccc(N(C)c3nc4nncn4c4cc(Br)ccc34)c2)cc1. The van der Waals surface area contributed by atoms with E-state index in [9.17, 15) is 0 Å². The van der Waals surface area contributed by atoms with Crippen LogP contribution in [0.15, 0.2) is 77.5 Å². The Morgan fingerprint density at radius 3 is 2.60 bits per heavy atom. The van der Waals surface area contributed by atoms with Gasteiger partial charge in [0.2, 0.25) is 0 Å². The van der Waals surface area contributed by atoms with Gasteiger partial charge in [0.1, 0.15) is 17.9 Å². The van der Waals surface area contributed by atoms with Gasteiger partial charge in [0.15, 0.2) is 0 Å². The summed E-state index contributed by atoms with van der Waals surface area (Å²) in [7, 11) is 3.69. The van der Waals surface area contributed by atoms with Crippen LogP contribution in [0.3, 0.4) is 0 Å². The lowest BCUT2D eigenvalue weighted by Crippen LogP contribution is -2.13. The quantitative estimate of drug-likeness (QED) is 0.355. The molecule has 0 radical (unpaired) electrons. The first-order chi connectivity index (χ1) is 14.6. The molecule has 0 amide bonds. The fourth-order valence-corrected chi connectivity index (χ4v) is 3.93. The van der Waals surface area contributed by atoms with Gasteiger partial charge in [-0.3, -0.25) is 4.40 Å². The Morgan fingerprint density at radius 1 is 0.967 bits per heavy atom. The van der Waals surface area contributed by atoms with Gasteiger partial charge < -0.3 is 9.64 Å². The van der Waals surface area contributed by atoms with Crippen LogP contribution in [0.25, 0.3) is 27.8 Å². The van der Waals surface area contributed by atoms with Crippen LogP contribution in [0.1, 0.15) is 0 Å². The van der Waals surface area contributed by atoms with E-state index >= 15 is 0 Å². The third-order valence-corrected chi connectivity index (χ3v) is 5.66. The molecule has 0 fully saturated rings. The fraction of sp³-hybridized carbons (Fsp3) is 0.0870. The zero-order chi connectivity index (χ0) is 20.7. The van der Waals surface area contributed by atoms with Crippen molar-refractivity contribution in [3.63, 3.8) is 0 Å². The normalized spacial score (nSPS) is 11.2. The number of nitrogens with zero attached hydrogens (tertiary/aromatic N) is 5. The van der Waals surface area contributed by atoms with Gasteiger partial charge in [-0.25, -0.2) is 0 Å². The summed E-state index contributed by atoms with van der Waals surface area (Å²) < 4.78 is 8.16. The summed E-state index contributed by atoms with van der Waals surface area (Å²) in [5.41, 5.74) is 4.27. The summed E-state index contributed by atoms with van der Waals surface area (Å²) in [6.45, 7) is 0. The van der Waals surface area contributed by atoms with Crippen molar-refractivity contribution in [3.05, 3.63) is 77.5 Å². The lowest BCUT2D eigenvalue weighted by Gasteiger charge is -2.21. The lowest BCUT2D eigenvalue weighted by atomic mass is 10.0. The Labute approximate surface area is 181 Å². The summed E-state index contributed by atoms with van der Waals surface area (Å²) in [5.74, 6) is 2.23. The lowest BCUT2D eigenvalue weighted by molar-refractivity contribution is 0.415. The van der Waals surface area contributed by atoms with Crippen molar-refractivity contribution >= 4 is 44.1 Å². The van der Waals surface area contributed by atoms with Crippen LogP contribution < -0.4 is 9.64 Å². The van der Waals surface area contributed by atoms with Crippen molar-refractivity contribution in [2.24, 2.45) is 0 Å². The fourth-order valence-electron chi connectivity index (χ4n) is 3.58. The number of hydrogen-bond acceptors (Lipinski definition) is 5. The second-order valence-corrected chi connectivity index (χ2v) is 7.85. The molecular formula is C23H18BrN5O. The molecule has 3 aromatic carbocycles. The summed E-state index contributed by atoms with van der Waals surface area (Å²) in [5, 5.41) is 9.21. The van der Waals surface area contributed by atoms with E-state index in [1.54, 1.807) is 13.4 Å². The average molecular weight is 460 g/mol. The first-order valence-corrected chi connectivity index (χ1v) is 10.2. The molecule has 0 saturated carbocycles. The highest BCUT2D eigenvalue weighted by Gasteiger charge is 2.15. The maximum atomic E-state index is 5.27. The Morgan fingerprint density at radius 2 is 1.80 bits per heavy atom. The molecular weight excluding hydrogens is 442 g/mol. The minimum absolute atomic E-state index is 0.564. The molecule has 0 saturated heterocycles. The molecule has 2 heterocycles. The molecule has 0 bridgehead atoms. The van der Waals surface area contributed by atoms with Crippen molar-refractivity contribution in [3.8, 4) is 16.9 Å². The second kappa shape index (κ2) is 7.42. The average Bonchev–Trinajstić information content (AvgIpc) is 3.27. The van der Waals surface area contributed by atoms with E-state index in [2.05, 4.69) is 79.6 Å². The molecule has 6 nitrogen and oxygen atoms in total. The Bertz CT molecular complexity index is 1360. The van der Waals surface area contributed by atoms with E-state index in [0.717, 1.165) is 43.8 Å². The molecule has 5 rings (SSSR count). The molecule has 2 aromatic heterocycles. The van der Waals surface area contributed by atoms with Crippen LogP contribution >= 0.6 is 15.9 Å². The molecule has 0 atom stereocenters. The van der Waals surface area contributed by atoms with Crippen LogP contribution in [-0.4, -0.2) is 33.7 Å². The predicted octanol–water partition coefficient (Wildman–Crippen LogP) is 5.48. The number of methoxy groups -OCH3 is 1. The highest BCUT2D eigenvalue weighted by atomic mass is 79.9. The van der Waals surface area contributed by atoms with Gasteiger partial charge in [0.25, 0.3) is 5.78 Å². The van der Waals surface area contributed by atoms with Gasteiger partial charge in [-0.15, -0.1) is 10.2 Å². The van der Waals surface area contributed by atoms with Crippen molar-refractivity contribution in [2.45, 2.75) is 0 Å². The van der Waals surface area contributed by atoms with E-state index in [4.69, 9.17) is 9.72 Å². The summed E-state index contributed by atoms with van der Waals surface area (Å²) in [6, 6.07) is 22.6. The van der Waals surface area contributed by atoms with Gasteiger partial charge in [0.05, 0.1) is 12.6 Å². The van der Waals surface area contributed by atoms with Crippen LogP contribution in [0.2, 0.25) is 0 Å². The van der Waals surface area contributed by atoms with Crippen molar-refractivity contribution < 1.29 is 4.74 Å². The molecule has 148 valence electrons. The van der Waals surface area contributed by atoms with Gasteiger partial charge in [-0.05, 0) is 53.6 Å². The Balaban J connectivity index is 1.62. The molecule has 30 heavy (non-hydrogen) atoms. The van der Waals surface area contributed by atoms with Crippen LogP contribution in [0.5, 0.6) is 5.75 Å². The maximum Gasteiger partial charge on any atom is 0.257 e. The first-order valence-electron chi connectivity index (χ1n) is 9.41. The summed E-state index contributed by atoms with van der Waals surface area (Å²) in [6.07, 6.45) is 1.69. The third kappa shape index (κ3) is 3.17. The maximum absolute atomic E-state index is 5.27. The largest absolute Gasteiger partial charge is 0.497 e. The minimum atomic E-state index is 0.564. The zero-order valence-corrected chi connectivity index (χ0v) is 18.0. The number of halogens is 1. The minimum Gasteiger partial charge on any atom is -0.497 e. The predicted molar refractivity (Wildman–Crippen MR) is 122 cm³/mol. The molecule has 0 aliphatic rings. The number of benzene rings is 3. The van der Waals surface area contributed by atoms with E-state index in [-0.39, 0.29) is 0 Å². The molecule has 0 N–H and O–H groups in total. The Kier molecular flexibility index (Phi) is 4.59. The van der Waals surface area contributed by atoms with Gasteiger partial charge in [-0.1, -0.05) is 40.2 Å². The van der Waals surface area contributed by atoms with E-state index in [1.165, 1.54) is 0 Å². The van der Waals surface area contributed by atoms with E-state index < -0.39 is 0 Å². The molecule has 0 unspecified atom stereocenters. The summed E-state index contributed by atoms with van der Waals surface area (Å²) >= 11 is 3.56. The van der Waals surface area contributed by atoms with Gasteiger partial charge in [0, 0.05) is 22.6 Å². The monoisotopic (exact) mass is 459 g/mol. The van der Waals surface area contributed by atoms with Crippen LogP contribution in [0, 0.1) is 0 Å². The number of fused-ring (bicyclic) bond motifs is 3. The molecule has 0 spiro atoms. The number of anilines is 2. The van der Waals surface area contributed by atoms with E-state index in [1.807, 2.05) is 29.6 Å². The standard InChI is InChI=1S/C23H18BrN5O/c1-28(18-5-3-4-16(12-18)15-6-9-19(30-2)10-7-15)22-20-11-8-17(24)13-21(20)29-14-25-27-23(29)26-22/h3-14H,1-2H3. The smallest absolute Gasteiger partial charge is 0.257 e. The Hall–Kier alpha value is -3.45. The summed E-state index contributed by atoms with van der Waals surface area (Å²) in [4.78, 5) is 6.86. The van der Waals surface area contributed by atoms with Crippen molar-refractivity contribution in [1.82, 2.24) is 19.6 Å². The molecule has 0 aliphatic carbocycles. The zero-order valence-electron chi connectivity index (χ0n) is 16.5. The van der Waals surface area contributed by atoms with Gasteiger partial charge in [-0.2, -0.15) is 4.98 Å². The number of hydrogen-bond donors (Lipinski definition) is 0. The topological polar surface area (TPSA) is 55.5 Å². The second-order valence-electron chi connectivity index (χ2n) is 6.94. The van der Waals surface area contributed by atoms with Crippen LogP contribution in [0.4, 0.5) is 11.5 Å². The highest BCUT2D eigenvalue weighted by Crippen LogP contribution is 2.33.